The van der Waals surface area contributed by atoms with Crippen LogP contribution in [0, 0.1) is 11.3 Å². The van der Waals surface area contributed by atoms with E-state index in [1.165, 1.54) is 24.3 Å². The second-order valence-corrected chi connectivity index (χ2v) is 3.63. The summed E-state index contributed by atoms with van der Waals surface area (Å²) in [5.41, 5.74) is -0.427. The van der Waals surface area contributed by atoms with E-state index in [4.69, 9.17) is 5.26 Å². The lowest BCUT2D eigenvalue weighted by Crippen LogP contribution is -2.18. The van der Waals surface area contributed by atoms with E-state index in [1.807, 2.05) is 0 Å². The third-order valence-corrected chi connectivity index (χ3v) is 2.46. The Balaban J connectivity index is 2.62. The van der Waals surface area contributed by atoms with Gasteiger partial charge in [0.05, 0.1) is 17.0 Å². The highest BCUT2D eigenvalue weighted by molar-refractivity contribution is 5.77. The molecule has 2 rings (SSSR count). The first-order valence-electron chi connectivity index (χ1n) is 4.96. The van der Waals surface area contributed by atoms with Crippen LogP contribution in [0.15, 0.2) is 32.2 Å². The van der Waals surface area contributed by atoms with Gasteiger partial charge in [-0.15, -0.1) is 0 Å². The van der Waals surface area contributed by atoms with Gasteiger partial charge in [-0.25, -0.2) is 9.59 Å². The molecule has 1 heterocycles. The van der Waals surface area contributed by atoms with Crippen LogP contribution in [0.3, 0.4) is 0 Å². The average molecular weight is 248 g/mol. The zero-order valence-electron chi connectivity index (χ0n) is 8.95. The van der Waals surface area contributed by atoms with Crippen molar-refractivity contribution in [1.82, 2.24) is 4.98 Å². The number of H-pyrrole nitrogens is 1. The van der Waals surface area contributed by atoms with Gasteiger partial charge >= 0.3 is 11.4 Å². The monoisotopic (exact) mass is 248 g/mol. The van der Waals surface area contributed by atoms with E-state index in [1.54, 1.807) is 0 Å². The van der Waals surface area contributed by atoms with E-state index in [2.05, 4.69) is 9.40 Å². The van der Waals surface area contributed by atoms with Gasteiger partial charge < -0.3 is 14.6 Å². The van der Waals surface area contributed by atoms with Crippen LogP contribution in [0.25, 0.3) is 10.9 Å². The van der Waals surface area contributed by atoms with Crippen LogP contribution < -0.4 is 11.4 Å². The number of aliphatic hydroxyl groups excluding tert-OH is 2. The Kier molecular flexibility index (Phi) is 2.97. The fourth-order valence-corrected chi connectivity index (χ4v) is 1.55. The largest absolute Gasteiger partial charge is 0.419 e. The fraction of sp³-hybridized carbons (Fsp3) is 0.182. The minimum Gasteiger partial charge on any atom is -0.385 e. The number of nitrogens with one attached hydrogen (secondary N) is 1. The molecule has 1 aromatic carbocycles. The SMILES string of the molecule is N#CC(O)C(O)c1ccc2[nH]c(=O)oc(=O)c2c1. The lowest BCUT2D eigenvalue weighted by molar-refractivity contribution is 0.0529. The number of nitrogens with zero attached hydrogens (tertiary/aromatic N) is 1. The molecule has 0 spiro atoms. The lowest BCUT2D eigenvalue weighted by Gasteiger charge is -2.11. The molecule has 0 amide bonds. The maximum Gasteiger partial charge on any atom is 0.419 e. The molecule has 18 heavy (non-hydrogen) atoms. The molecule has 3 N–H and O–H groups in total. The molecule has 2 unspecified atom stereocenters. The van der Waals surface area contributed by atoms with Crippen LogP contribution >= 0.6 is 0 Å². The van der Waals surface area contributed by atoms with Crippen LogP contribution in [0.5, 0.6) is 0 Å². The van der Waals surface area contributed by atoms with Crippen molar-refractivity contribution in [2.24, 2.45) is 0 Å². The van der Waals surface area contributed by atoms with Gasteiger partial charge in [-0.1, -0.05) is 6.07 Å². The molecule has 92 valence electrons. The minimum atomic E-state index is -1.60. The zero-order valence-corrected chi connectivity index (χ0v) is 8.95. The maximum absolute atomic E-state index is 11.4. The highest BCUT2D eigenvalue weighted by Gasteiger charge is 2.18. The molecule has 7 nitrogen and oxygen atoms in total. The van der Waals surface area contributed by atoms with E-state index in [9.17, 15) is 19.8 Å². The molecular weight excluding hydrogens is 240 g/mol. The van der Waals surface area contributed by atoms with Gasteiger partial charge in [0.1, 0.15) is 6.10 Å². The number of aromatic amines is 1. The summed E-state index contributed by atoms with van der Waals surface area (Å²) in [7, 11) is 0. The van der Waals surface area contributed by atoms with E-state index in [-0.39, 0.29) is 16.5 Å². The second kappa shape index (κ2) is 4.44. The normalized spacial score (nSPS) is 14.1. The Labute approximate surface area is 99.5 Å². The van der Waals surface area contributed by atoms with Crippen molar-refractivity contribution in [2.45, 2.75) is 12.2 Å². The molecule has 2 atom stereocenters. The summed E-state index contributed by atoms with van der Waals surface area (Å²) in [6.07, 6.45) is -3.04. The molecule has 7 heteroatoms. The number of aromatic nitrogens is 1. The number of rotatable bonds is 2. The number of fused-ring (bicyclic) bond motifs is 1. The van der Waals surface area contributed by atoms with Gasteiger partial charge in [-0.05, 0) is 17.7 Å². The van der Waals surface area contributed by atoms with Gasteiger partial charge in [0.15, 0.2) is 6.10 Å². The van der Waals surface area contributed by atoms with Crippen LogP contribution in [-0.4, -0.2) is 21.3 Å². The Morgan fingerprint density at radius 2 is 2.06 bits per heavy atom. The first kappa shape index (κ1) is 12.0. The summed E-state index contributed by atoms with van der Waals surface area (Å²) in [6, 6.07) is 5.51. The molecule has 0 fully saturated rings. The number of benzene rings is 1. The zero-order chi connectivity index (χ0) is 13.3. The summed E-state index contributed by atoms with van der Waals surface area (Å²) >= 11 is 0. The molecule has 0 saturated heterocycles. The predicted octanol–water partition coefficient (Wildman–Crippen LogP) is -0.601. The molecule has 2 aromatic rings. The third-order valence-electron chi connectivity index (χ3n) is 2.46. The summed E-state index contributed by atoms with van der Waals surface area (Å²) in [5, 5.41) is 27.3. The number of hydrogen-bond donors (Lipinski definition) is 3. The van der Waals surface area contributed by atoms with Crippen LogP contribution in [0.1, 0.15) is 11.7 Å². The predicted molar refractivity (Wildman–Crippen MR) is 59.7 cm³/mol. The lowest BCUT2D eigenvalue weighted by atomic mass is 10.0. The van der Waals surface area contributed by atoms with Crippen molar-refractivity contribution < 1.29 is 14.6 Å². The van der Waals surface area contributed by atoms with Crippen molar-refractivity contribution in [2.75, 3.05) is 0 Å². The van der Waals surface area contributed by atoms with Gasteiger partial charge in [-0.2, -0.15) is 5.26 Å². The topological polar surface area (TPSA) is 127 Å². The molecule has 0 aliphatic rings. The molecule has 0 saturated carbocycles. The molecular formula is C11H8N2O5. The van der Waals surface area contributed by atoms with Crippen LogP contribution in [0.4, 0.5) is 0 Å². The highest BCUT2D eigenvalue weighted by atomic mass is 16.4. The Hall–Kier alpha value is -2.43. The van der Waals surface area contributed by atoms with E-state index in [0.717, 1.165) is 0 Å². The number of nitriles is 1. The highest BCUT2D eigenvalue weighted by Crippen LogP contribution is 2.19. The van der Waals surface area contributed by atoms with Gasteiger partial charge in [-0.3, -0.25) is 4.98 Å². The summed E-state index contributed by atoms with van der Waals surface area (Å²) in [4.78, 5) is 24.6. The number of hydrogen-bond acceptors (Lipinski definition) is 6. The van der Waals surface area contributed by atoms with Crippen molar-refractivity contribution in [3.05, 3.63) is 44.7 Å². The van der Waals surface area contributed by atoms with Crippen molar-refractivity contribution in [1.29, 1.82) is 5.26 Å². The Bertz CT molecular complexity index is 739. The summed E-state index contributed by atoms with van der Waals surface area (Å²) in [6.45, 7) is 0. The Morgan fingerprint density at radius 1 is 1.33 bits per heavy atom. The summed E-state index contributed by atoms with van der Waals surface area (Å²) in [5.74, 6) is -0.877. The standard InChI is InChI=1S/C11H8N2O5/c12-4-8(14)9(15)5-1-2-7-6(3-5)10(16)18-11(17)13-7/h1-3,8-9,14-15H,(H,13,17). The molecule has 0 aliphatic carbocycles. The minimum absolute atomic E-state index is 0.0521. The van der Waals surface area contributed by atoms with Crippen molar-refractivity contribution >= 4 is 10.9 Å². The molecule has 1 aromatic heterocycles. The first-order valence-corrected chi connectivity index (χ1v) is 4.96. The Morgan fingerprint density at radius 3 is 2.72 bits per heavy atom. The maximum atomic E-state index is 11.4. The van der Waals surface area contributed by atoms with E-state index in [0.29, 0.717) is 0 Å². The quantitative estimate of drug-likeness (QED) is 0.609. The average Bonchev–Trinajstić information content (AvgIpc) is 2.36. The molecule has 0 bridgehead atoms. The van der Waals surface area contributed by atoms with Crippen LogP contribution in [0.2, 0.25) is 0 Å². The van der Waals surface area contributed by atoms with Crippen molar-refractivity contribution in [3.8, 4) is 6.07 Å². The summed E-state index contributed by atoms with van der Waals surface area (Å²) < 4.78 is 4.34. The second-order valence-electron chi connectivity index (χ2n) is 3.63. The van der Waals surface area contributed by atoms with Gasteiger partial charge in [0.25, 0.3) is 0 Å². The molecule has 0 aliphatic heterocycles. The number of aliphatic hydroxyl groups is 2. The van der Waals surface area contributed by atoms with Crippen molar-refractivity contribution in [3.63, 3.8) is 0 Å². The van der Waals surface area contributed by atoms with Gasteiger partial charge in [0, 0.05) is 0 Å². The van der Waals surface area contributed by atoms with E-state index >= 15 is 0 Å². The smallest absolute Gasteiger partial charge is 0.385 e. The van der Waals surface area contributed by atoms with Gasteiger partial charge in [0.2, 0.25) is 0 Å². The third kappa shape index (κ3) is 2.02. The first-order chi connectivity index (χ1) is 8.52. The van der Waals surface area contributed by atoms with E-state index < -0.39 is 23.6 Å². The fourth-order valence-electron chi connectivity index (χ4n) is 1.55. The molecule has 0 radical (unpaired) electrons. The van der Waals surface area contributed by atoms with Crippen LogP contribution in [-0.2, 0) is 0 Å².